The molecule has 1 fully saturated rings. The summed E-state index contributed by atoms with van der Waals surface area (Å²) in [5.74, 6) is 0.825. The standard InChI is InChI=1S/C10H14N/c1-2-4-9(5-3-1)10-6-7-11-8-10/h6-9H,1-5H2. The van der Waals surface area contributed by atoms with Gasteiger partial charge in [0.2, 0.25) is 0 Å². The number of hydrogen-bond donors (Lipinski definition) is 0. The highest BCUT2D eigenvalue weighted by Crippen LogP contribution is 2.30. The topological polar surface area (TPSA) is 14.1 Å². The molecule has 1 aliphatic heterocycles. The second-order valence-electron chi connectivity index (χ2n) is 3.43. The minimum absolute atomic E-state index is 0.825. The number of allylic oxidation sites excluding steroid dienone is 2. The fourth-order valence-corrected chi connectivity index (χ4v) is 1.98. The summed E-state index contributed by atoms with van der Waals surface area (Å²) in [7, 11) is 0. The molecule has 1 nitrogen and oxygen atoms in total. The third-order valence-electron chi connectivity index (χ3n) is 2.65. The molecule has 2 aliphatic rings. The van der Waals surface area contributed by atoms with E-state index in [0.29, 0.717) is 0 Å². The highest BCUT2D eigenvalue weighted by Gasteiger charge is 2.17. The van der Waals surface area contributed by atoms with Gasteiger partial charge in [0.15, 0.2) is 0 Å². The minimum atomic E-state index is 0.825. The molecule has 0 aromatic heterocycles. The van der Waals surface area contributed by atoms with Crippen molar-refractivity contribution in [2.24, 2.45) is 5.92 Å². The molecule has 0 amide bonds. The molecule has 1 saturated carbocycles. The van der Waals surface area contributed by atoms with Crippen LogP contribution in [0.25, 0.3) is 0 Å². The molecule has 1 heterocycles. The average Bonchev–Trinajstić information content (AvgIpc) is 2.58. The van der Waals surface area contributed by atoms with Crippen molar-refractivity contribution < 1.29 is 0 Å². The molecule has 0 unspecified atom stereocenters. The van der Waals surface area contributed by atoms with Gasteiger partial charge in [0.25, 0.3) is 0 Å². The Labute approximate surface area is 68.2 Å². The molecule has 1 aliphatic carbocycles. The van der Waals surface area contributed by atoms with Gasteiger partial charge in [-0.1, -0.05) is 19.3 Å². The maximum Gasteiger partial charge on any atom is 0.0303 e. The number of rotatable bonds is 1. The lowest BCUT2D eigenvalue weighted by Crippen LogP contribution is -2.07. The minimum Gasteiger partial charge on any atom is -0.264 e. The fraction of sp³-hybridized carbons (Fsp3) is 0.600. The summed E-state index contributed by atoms with van der Waals surface area (Å²) in [6.45, 7) is 0. The summed E-state index contributed by atoms with van der Waals surface area (Å²) in [6.07, 6.45) is 13.1. The number of hydrogen-bond acceptors (Lipinski definition) is 0. The molecule has 0 N–H and O–H groups in total. The first kappa shape index (κ1) is 6.96. The molecule has 11 heavy (non-hydrogen) atoms. The molecular formula is C10H14N. The maximum atomic E-state index is 4.10. The lowest BCUT2D eigenvalue weighted by Gasteiger charge is -2.21. The van der Waals surface area contributed by atoms with Gasteiger partial charge in [-0.2, -0.15) is 0 Å². The molecule has 1 radical (unpaired) electrons. The first-order valence-corrected chi connectivity index (χ1v) is 4.53. The Morgan fingerprint density at radius 3 is 2.64 bits per heavy atom. The Kier molecular flexibility index (Phi) is 1.97. The molecule has 0 saturated heterocycles. The predicted molar refractivity (Wildman–Crippen MR) is 45.9 cm³/mol. The summed E-state index contributed by atoms with van der Waals surface area (Å²) in [5.41, 5.74) is 1.46. The zero-order valence-electron chi connectivity index (χ0n) is 6.79. The van der Waals surface area contributed by atoms with Crippen LogP contribution in [-0.2, 0) is 0 Å². The monoisotopic (exact) mass is 148 g/mol. The molecule has 1 heteroatoms. The van der Waals surface area contributed by atoms with Crippen molar-refractivity contribution in [2.75, 3.05) is 0 Å². The van der Waals surface area contributed by atoms with E-state index in [1.165, 1.54) is 37.7 Å². The van der Waals surface area contributed by atoms with Crippen molar-refractivity contribution >= 4 is 0 Å². The van der Waals surface area contributed by atoms with Crippen molar-refractivity contribution in [3.8, 4) is 0 Å². The van der Waals surface area contributed by atoms with E-state index >= 15 is 0 Å². The quantitative estimate of drug-likeness (QED) is 0.542. The molecule has 0 aromatic rings. The van der Waals surface area contributed by atoms with Gasteiger partial charge in [-0.05, 0) is 30.4 Å². The third kappa shape index (κ3) is 1.47. The summed E-state index contributed by atoms with van der Waals surface area (Å²) >= 11 is 0. The molecular weight excluding hydrogens is 134 g/mol. The van der Waals surface area contributed by atoms with Gasteiger partial charge in [0.1, 0.15) is 0 Å². The summed E-state index contributed by atoms with van der Waals surface area (Å²) in [5, 5.41) is 4.10. The fourth-order valence-electron chi connectivity index (χ4n) is 1.98. The highest BCUT2D eigenvalue weighted by atomic mass is 14.8. The van der Waals surface area contributed by atoms with E-state index in [0.717, 1.165) is 5.92 Å². The average molecular weight is 148 g/mol. The van der Waals surface area contributed by atoms with Gasteiger partial charge in [0.05, 0.1) is 0 Å². The molecule has 0 aromatic carbocycles. The van der Waals surface area contributed by atoms with Crippen LogP contribution in [-0.4, -0.2) is 0 Å². The Morgan fingerprint density at radius 1 is 1.18 bits per heavy atom. The smallest absolute Gasteiger partial charge is 0.0303 e. The van der Waals surface area contributed by atoms with Gasteiger partial charge in [-0.3, -0.25) is 5.32 Å². The zero-order chi connectivity index (χ0) is 7.52. The third-order valence-corrected chi connectivity index (χ3v) is 2.65. The van der Waals surface area contributed by atoms with Crippen molar-refractivity contribution in [1.29, 1.82) is 0 Å². The molecule has 0 bridgehead atoms. The second-order valence-corrected chi connectivity index (χ2v) is 3.43. The van der Waals surface area contributed by atoms with Gasteiger partial charge in [-0.15, -0.1) is 0 Å². The van der Waals surface area contributed by atoms with Crippen LogP contribution in [0, 0.1) is 5.92 Å². The van der Waals surface area contributed by atoms with E-state index in [9.17, 15) is 0 Å². The van der Waals surface area contributed by atoms with Crippen LogP contribution >= 0.6 is 0 Å². The summed E-state index contributed by atoms with van der Waals surface area (Å²) in [4.78, 5) is 0. The van der Waals surface area contributed by atoms with Crippen LogP contribution in [0.15, 0.2) is 24.0 Å². The van der Waals surface area contributed by atoms with E-state index < -0.39 is 0 Å². The normalized spacial score (nSPS) is 24.9. The van der Waals surface area contributed by atoms with E-state index in [2.05, 4.69) is 11.4 Å². The largest absolute Gasteiger partial charge is 0.264 e. The van der Waals surface area contributed by atoms with Crippen LogP contribution < -0.4 is 5.32 Å². The van der Waals surface area contributed by atoms with E-state index in [-0.39, 0.29) is 0 Å². The Hall–Kier alpha value is -0.720. The van der Waals surface area contributed by atoms with Gasteiger partial charge < -0.3 is 0 Å². The van der Waals surface area contributed by atoms with Crippen molar-refractivity contribution in [1.82, 2.24) is 5.32 Å². The summed E-state index contributed by atoms with van der Waals surface area (Å²) < 4.78 is 0. The predicted octanol–water partition coefficient (Wildman–Crippen LogP) is 2.58. The lowest BCUT2D eigenvalue weighted by molar-refractivity contribution is 0.408. The van der Waals surface area contributed by atoms with Crippen molar-refractivity contribution in [2.45, 2.75) is 32.1 Å². The van der Waals surface area contributed by atoms with Gasteiger partial charge >= 0.3 is 0 Å². The molecule has 59 valence electrons. The lowest BCUT2D eigenvalue weighted by atomic mass is 9.84. The van der Waals surface area contributed by atoms with Gasteiger partial charge in [0, 0.05) is 12.4 Å². The molecule has 2 rings (SSSR count). The van der Waals surface area contributed by atoms with Gasteiger partial charge in [-0.25, -0.2) is 0 Å². The summed E-state index contributed by atoms with van der Waals surface area (Å²) in [6, 6.07) is 0. The second kappa shape index (κ2) is 3.12. The van der Waals surface area contributed by atoms with Crippen molar-refractivity contribution in [3.63, 3.8) is 0 Å². The highest BCUT2D eigenvalue weighted by molar-refractivity contribution is 5.26. The first-order chi connectivity index (χ1) is 5.47. The van der Waals surface area contributed by atoms with Crippen LogP contribution in [0.3, 0.4) is 0 Å². The van der Waals surface area contributed by atoms with Crippen LogP contribution in [0.2, 0.25) is 0 Å². The maximum absolute atomic E-state index is 4.10. The van der Waals surface area contributed by atoms with Crippen LogP contribution in [0.4, 0.5) is 0 Å². The van der Waals surface area contributed by atoms with E-state index in [1.54, 1.807) is 0 Å². The van der Waals surface area contributed by atoms with Crippen LogP contribution in [0.5, 0.6) is 0 Å². The molecule has 0 atom stereocenters. The van der Waals surface area contributed by atoms with E-state index in [1.807, 2.05) is 12.4 Å². The number of nitrogens with zero attached hydrogens (tertiary/aromatic N) is 1. The molecule has 0 spiro atoms. The zero-order valence-corrected chi connectivity index (χ0v) is 6.79. The Bertz CT molecular complexity index is 185. The SMILES string of the molecule is C1=CC(C2CCCCC2)=C[N]1. The Morgan fingerprint density at radius 2 is 2.00 bits per heavy atom. The van der Waals surface area contributed by atoms with Crippen molar-refractivity contribution in [3.05, 3.63) is 24.0 Å². The first-order valence-electron chi connectivity index (χ1n) is 4.53. The van der Waals surface area contributed by atoms with E-state index in [4.69, 9.17) is 0 Å². The van der Waals surface area contributed by atoms with Crippen LogP contribution in [0.1, 0.15) is 32.1 Å². The Balaban J connectivity index is 1.97.